The molecule has 65 heavy (non-hydrogen) atoms. The van der Waals surface area contributed by atoms with Crippen LogP contribution in [0.5, 0.6) is 0 Å². The summed E-state index contributed by atoms with van der Waals surface area (Å²) >= 11 is 0. The number of carboxylic acid groups (broad SMARTS) is 1. The average molecular weight is 917 g/mol. The SMILES string of the molecule is CCCCCCC/C=C\C/C=C\C/C=C\CCCCCCCCCCC(=O)OC(COC(=O)CCCCCCCCC/C=C\CCCCCCCC)COC(OCC[N+](C)(C)C)C(=O)O. The predicted octanol–water partition coefficient (Wildman–Crippen LogP) is 15.1. The third-order valence-electron chi connectivity index (χ3n) is 11.6. The van der Waals surface area contributed by atoms with Gasteiger partial charge in [0.25, 0.3) is 6.29 Å². The highest BCUT2D eigenvalue weighted by atomic mass is 16.7. The number of ether oxygens (including phenoxy) is 4. The summed E-state index contributed by atoms with van der Waals surface area (Å²) in [6.45, 7) is 4.86. The molecular weight excluding hydrogens is 815 g/mol. The molecule has 1 N–H and O–H groups in total. The average Bonchev–Trinajstić information content (AvgIpc) is 3.27. The molecule has 378 valence electrons. The van der Waals surface area contributed by atoms with Crippen LogP contribution in [0, 0.1) is 0 Å². The smallest absolute Gasteiger partial charge is 0.361 e. The Hall–Kier alpha value is -2.75. The molecule has 9 heteroatoms. The molecule has 0 saturated carbocycles. The number of hydrogen-bond acceptors (Lipinski definition) is 7. The van der Waals surface area contributed by atoms with Gasteiger partial charge in [-0.3, -0.25) is 9.59 Å². The Morgan fingerprint density at radius 2 is 0.831 bits per heavy atom. The van der Waals surface area contributed by atoms with Crippen LogP contribution in [0.1, 0.15) is 232 Å². The van der Waals surface area contributed by atoms with Crippen LogP contribution in [0.2, 0.25) is 0 Å². The van der Waals surface area contributed by atoms with Crippen molar-refractivity contribution in [2.45, 2.75) is 245 Å². The van der Waals surface area contributed by atoms with Crippen LogP contribution in [-0.2, 0) is 33.3 Å². The quantitative estimate of drug-likeness (QED) is 0.0211. The van der Waals surface area contributed by atoms with Crippen molar-refractivity contribution < 1.29 is 42.9 Å². The zero-order valence-corrected chi connectivity index (χ0v) is 42.9. The van der Waals surface area contributed by atoms with E-state index in [0.717, 1.165) is 57.8 Å². The molecule has 0 amide bonds. The number of carboxylic acids is 1. The molecule has 0 aromatic rings. The van der Waals surface area contributed by atoms with Crippen molar-refractivity contribution in [3.8, 4) is 0 Å². The van der Waals surface area contributed by atoms with E-state index in [2.05, 4.69) is 62.5 Å². The molecule has 0 fully saturated rings. The Balaban J connectivity index is 4.33. The van der Waals surface area contributed by atoms with Gasteiger partial charge in [-0.15, -0.1) is 0 Å². The molecular formula is C56H102NO8+. The topological polar surface area (TPSA) is 108 Å². The minimum Gasteiger partial charge on any atom is -0.477 e. The number of carbonyl (C=O) groups excluding carboxylic acids is 2. The van der Waals surface area contributed by atoms with E-state index in [1.165, 1.54) is 141 Å². The highest BCUT2D eigenvalue weighted by Crippen LogP contribution is 2.15. The summed E-state index contributed by atoms with van der Waals surface area (Å²) in [4.78, 5) is 37.3. The van der Waals surface area contributed by atoms with Gasteiger partial charge >= 0.3 is 17.9 Å². The van der Waals surface area contributed by atoms with Gasteiger partial charge in [-0.2, -0.15) is 0 Å². The fourth-order valence-corrected chi connectivity index (χ4v) is 7.37. The molecule has 2 atom stereocenters. The second-order valence-electron chi connectivity index (χ2n) is 19.2. The van der Waals surface area contributed by atoms with Crippen LogP contribution in [0.4, 0.5) is 0 Å². The summed E-state index contributed by atoms with van der Waals surface area (Å²) in [7, 11) is 5.96. The Morgan fingerprint density at radius 1 is 0.462 bits per heavy atom. The Bertz CT molecular complexity index is 1210. The van der Waals surface area contributed by atoms with Crippen LogP contribution in [-0.4, -0.2) is 87.4 Å². The van der Waals surface area contributed by atoms with Crippen LogP contribution in [0.15, 0.2) is 48.6 Å². The standard InChI is InChI=1S/C56H101NO8/c1-6-8-10-12-14-16-18-20-22-24-25-26-27-28-29-31-33-35-37-39-41-43-45-47-54(59)65-52(51-64-56(55(60)61)62-49-48-57(3,4)5)50-63-53(58)46-44-42-40-38-36-34-32-30-23-21-19-17-15-13-11-9-7-2/h18,20-21,23-25,27-28,52,56H,6-17,19,22,26,29-51H2,1-5H3/p+1/b20-18-,23-21-,25-24-,28-27-. The molecule has 2 unspecified atom stereocenters. The normalized spacial score (nSPS) is 13.2. The zero-order chi connectivity index (χ0) is 47.7. The van der Waals surface area contributed by atoms with E-state index in [1.807, 2.05) is 21.1 Å². The molecule has 0 radical (unpaired) electrons. The molecule has 0 aliphatic rings. The molecule has 0 saturated heterocycles. The second-order valence-corrected chi connectivity index (χ2v) is 19.2. The van der Waals surface area contributed by atoms with Crippen LogP contribution in [0.3, 0.4) is 0 Å². The molecule has 0 heterocycles. The molecule has 9 nitrogen and oxygen atoms in total. The number of hydrogen-bond donors (Lipinski definition) is 1. The number of carbonyl (C=O) groups is 3. The number of likely N-dealkylation sites (N-methyl/N-ethyl adjacent to an activating group) is 1. The fraction of sp³-hybridized carbons (Fsp3) is 0.804. The number of aliphatic carboxylic acids is 1. The number of esters is 2. The predicted molar refractivity (Wildman–Crippen MR) is 272 cm³/mol. The molecule has 0 bridgehead atoms. The number of allylic oxidation sites excluding steroid dienone is 8. The maximum absolute atomic E-state index is 12.8. The van der Waals surface area contributed by atoms with Crippen molar-refractivity contribution in [1.29, 1.82) is 0 Å². The Kier molecular flexibility index (Phi) is 45.7. The van der Waals surface area contributed by atoms with E-state index in [1.54, 1.807) is 0 Å². The van der Waals surface area contributed by atoms with E-state index in [-0.39, 0.29) is 32.2 Å². The van der Waals surface area contributed by atoms with E-state index in [4.69, 9.17) is 18.9 Å². The van der Waals surface area contributed by atoms with Crippen LogP contribution in [0.25, 0.3) is 0 Å². The van der Waals surface area contributed by atoms with E-state index >= 15 is 0 Å². The molecule has 0 aliphatic carbocycles. The minimum absolute atomic E-state index is 0.184. The highest BCUT2D eigenvalue weighted by molar-refractivity contribution is 5.71. The third-order valence-corrected chi connectivity index (χ3v) is 11.6. The van der Waals surface area contributed by atoms with Gasteiger partial charge in [0.05, 0.1) is 34.4 Å². The Labute approximate surface area is 400 Å². The van der Waals surface area contributed by atoms with Crippen LogP contribution >= 0.6 is 0 Å². The van der Waals surface area contributed by atoms with Crippen LogP contribution < -0.4 is 0 Å². The second kappa shape index (κ2) is 47.7. The van der Waals surface area contributed by atoms with Gasteiger partial charge in [-0.05, 0) is 77.0 Å². The number of nitrogens with zero attached hydrogens (tertiary/aromatic N) is 1. The van der Waals surface area contributed by atoms with Crippen molar-refractivity contribution in [2.24, 2.45) is 0 Å². The number of unbranched alkanes of at least 4 members (excludes halogenated alkanes) is 26. The van der Waals surface area contributed by atoms with E-state index in [9.17, 15) is 19.5 Å². The highest BCUT2D eigenvalue weighted by Gasteiger charge is 2.25. The van der Waals surface area contributed by atoms with Crippen molar-refractivity contribution in [1.82, 2.24) is 0 Å². The number of rotatable bonds is 49. The molecule has 0 rings (SSSR count). The van der Waals surface area contributed by atoms with Gasteiger partial charge in [0, 0.05) is 12.8 Å². The lowest BCUT2D eigenvalue weighted by molar-refractivity contribution is -0.870. The van der Waals surface area contributed by atoms with E-state index in [0.29, 0.717) is 23.9 Å². The number of quaternary nitrogens is 1. The van der Waals surface area contributed by atoms with Gasteiger partial charge in [0.2, 0.25) is 0 Å². The first kappa shape index (κ1) is 62.2. The summed E-state index contributed by atoms with van der Waals surface area (Å²) in [6.07, 6.45) is 54.5. The monoisotopic (exact) mass is 917 g/mol. The summed E-state index contributed by atoms with van der Waals surface area (Å²) in [5.41, 5.74) is 0. The third kappa shape index (κ3) is 49.0. The molecule has 0 aliphatic heterocycles. The summed E-state index contributed by atoms with van der Waals surface area (Å²) < 4.78 is 22.8. The summed E-state index contributed by atoms with van der Waals surface area (Å²) in [6, 6.07) is 0. The molecule has 0 spiro atoms. The fourth-order valence-electron chi connectivity index (χ4n) is 7.37. The first-order valence-corrected chi connectivity index (χ1v) is 26.8. The van der Waals surface area contributed by atoms with Crippen molar-refractivity contribution in [3.05, 3.63) is 48.6 Å². The first-order valence-electron chi connectivity index (χ1n) is 26.8. The van der Waals surface area contributed by atoms with Gasteiger partial charge in [-0.25, -0.2) is 4.79 Å². The molecule has 0 aromatic carbocycles. The van der Waals surface area contributed by atoms with E-state index < -0.39 is 24.3 Å². The lowest BCUT2D eigenvalue weighted by Crippen LogP contribution is -2.40. The maximum Gasteiger partial charge on any atom is 0.361 e. The summed E-state index contributed by atoms with van der Waals surface area (Å²) in [5, 5.41) is 9.68. The zero-order valence-electron chi connectivity index (χ0n) is 42.9. The van der Waals surface area contributed by atoms with Gasteiger partial charge < -0.3 is 28.5 Å². The van der Waals surface area contributed by atoms with Crippen molar-refractivity contribution >= 4 is 17.9 Å². The van der Waals surface area contributed by atoms with Crippen molar-refractivity contribution in [3.63, 3.8) is 0 Å². The first-order chi connectivity index (χ1) is 31.6. The van der Waals surface area contributed by atoms with Gasteiger partial charge in [0.1, 0.15) is 13.2 Å². The largest absolute Gasteiger partial charge is 0.477 e. The van der Waals surface area contributed by atoms with Crippen molar-refractivity contribution in [2.75, 3.05) is 47.5 Å². The van der Waals surface area contributed by atoms with Gasteiger partial charge in [0.15, 0.2) is 6.10 Å². The lowest BCUT2D eigenvalue weighted by atomic mass is 10.1. The minimum atomic E-state index is -1.51. The Morgan fingerprint density at radius 3 is 1.25 bits per heavy atom. The summed E-state index contributed by atoms with van der Waals surface area (Å²) in [5.74, 6) is -2.02. The van der Waals surface area contributed by atoms with Gasteiger partial charge in [-0.1, -0.05) is 191 Å². The molecule has 0 aromatic heterocycles. The maximum atomic E-state index is 12.8. The lowest BCUT2D eigenvalue weighted by Gasteiger charge is -2.25.